The number of piperazine rings is 1. The van der Waals surface area contributed by atoms with Crippen LogP contribution in [0.2, 0.25) is 0 Å². The van der Waals surface area contributed by atoms with Crippen molar-refractivity contribution in [1.29, 1.82) is 0 Å². The normalized spacial score (nSPS) is 15.3. The molecule has 1 fully saturated rings. The minimum absolute atomic E-state index is 0.607. The van der Waals surface area contributed by atoms with Crippen molar-refractivity contribution in [3.8, 4) is 5.75 Å². The third-order valence-electron chi connectivity index (χ3n) is 4.28. The number of methoxy groups -OCH3 is 1. The molecule has 0 bridgehead atoms. The van der Waals surface area contributed by atoms with Gasteiger partial charge in [0.2, 0.25) is 0 Å². The minimum Gasteiger partial charge on any atom is -0.497 e. The second-order valence-corrected chi connectivity index (χ2v) is 5.95. The molecule has 0 amide bonds. The highest BCUT2D eigenvalue weighted by Crippen LogP contribution is 2.27. The third kappa shape index (κ3) is 3.68. The van der Waals surface area contributed by atoms with Crippen LogP contribution < -0.4 is 20.7 Å². The zero-order chi connectivity index (χ0) is 16.9. The molecule has 0 unspecified atom stereocenters. The summed E-state index contributed by atoms with van der Waals surface area (Å²) in [6.45, 7) is 4.52. The van der Waals surface area contributed by atoms with E-state index in [0.29, 0.717) is 18.1 Å². The lowest BCUT2D eigenvalue weighted by Gasteiger charge is -2.33. The predicted octanol–water partition coefficient (Wildman–Crippen LogP) is 1.43. The standard InChI is InChI=1S/C17H24N6O/c1-22-7-9-23(10-8-22)17-15(18)16(20-12-21-17)19-11-13-3-5-14(24-2)6-4-13/h3-6,12H,7-11,18H2,1-2H3,(H,19,20,21). The first-order chi connectivity index (χ1) is 11.7. The van der Waals surface area contributed by atoms with Crippen molar-refractivity contribution in [2.45, 2.75) is 6.54 Å². The smallest absolute Gasteiger partial charge is 0.157 e. The van der Waals surface area contributed by atoms with Crippen molar-refractivity contribution >= 4 is 17.3 Å². The number of aromatic nitrogens is 2. The number of nitrogens with zero attached hydrogens (tertiary/aromatic N) is 4. The molecule has 2 aromatic rings. The zero-order valence-electron chi connectivity index (χ0n) is 14.2. The Kier molecular flexibility index (Phi) is 5.00. The second kappa shape index (κ2) is 7.35. The highest BCUT2D eigenvalue weighted by Gasteiger charge is 2.19. The van der Waals surface area contributed by atoms with Gasteiger partial charge in [0.1, 0.15) is 17.8 Å². The quantitative estimate of drug-likeness (QED) is 0.859. The van der Waals surface area contributed by atoms with E-state index in [1.807, 2.05) is 24.3 Å². The minimum atomic E-state index is 0.607. The number of anilines is 3. The van der Waals surface area contributed by atoms with Crippen molar-refractivity contribution in [2.75, 3.05) is 56.3 Å². The molecule has 7 heteroatoms. The monoisotopic (exact) mass is 328 g/mol. The summed E-state index contributed by atoms with van der Waals surface area (Å²) in [5.74, 6) is 2.34. The Morgan fingerprint density at radius 2 is 1.83 bits per heavy atom. The maximum atomic E-state index is 6.30. The number of nitrogen functional groups attached to an aromatic ring is 1. The van der Waals surface area contributed by atoms with Gasteiger partial charge < -0.3 is 25.6 Å². The molecule has 0 aliphatic carbocycles. The molecular formula is C17H24N6O. The van der Waals surface area contributed by atoms with Gasteiger partial charge in [0, 0.05) is 32.7 Å². The van der Waals surface area contributed by atoms with Gasteiger partial charge in [-0.3, -0.25) is 0 Å². The molecule has 1 aliphatic rings. The van der Waals surface area contributed by atoms with Gasteiger partial charge in [-0.1, -0.05) is 12.1 Å². The summed E-state index contributed by atoms with van der Waals surface area (Å²) in [6, 6.07) is 7.92. The average Bonchev–Trinajstić information content (AvgIpc) is 2.62. The van der Waals surface area contributed by atoms with Crippen LogP contribution in [0.15, 0.2) is 30.6 Å². The Balaban J connectivity index is 1.68. The fraction of sp³-hybridized carbons (Fsp3) is 0.412. The molecule has 2 heterocycles. The van der Waals surface area contributed by atoms with Gasteiger partial charge in [0.25, 0.3) is 0 Å². The Bertz CT molecular complexity index is 667. The fourth-order valence-electron chi connectivity index (χ4n) is 2.73. The van der Waals surface area contributed by atoms with Crippen molar-refractivity contribution in [3.05, 3.63) is 36.2 Å². The van der Waals surface area contributed by atoms with E-state index in [2.05, 4.69) is 32.1 Å². The number of nitrogens with one attached hydrogen (secondary N) is 1. The summed E-state index contributed by atoms with van der Waals surface area (Å²) in [5, 5.41) is 3.30. The Hall–Kier alpha value is -2.54. The number of rotatable bonds is 5. The largest absolute Gasteiger partial charge is 0.497 e. The van der Waals surface area contributed by atoms with E-state index in [1.54, 1.807) is 13.4 Å². The first kappa shape index (κ1) is 16.3. The molecule has 3 N–H and O–H groups in total. The summed E-state index contributed by atoms with van der Waals surface area (Å²) < 4.78 is 5.17. The van der Waals surface area contributed by atoms with E-state index >= 15 is 0 Å². The van der Waals surface area contributed by atoms with Gasteiger partial charge >= 0.3 is 0 Å². The van der Waals surface area contributed by atoms with Crippen LogP contribution in [-0.4, -0.2) is 55.2 Å². The predicted molar refractivity (Wildman–Crippen MR) is 96.5 cm³/mol. The molecule has 0 atom stereocenters. The molecular weight excluding hydrogens is 304 g/mol. The molecule has 1 aliphatic heterocycles. The van der Waals surface area contributed by atoms with Gasteiger partial charge in [-0.05, 0) is 24.7 Å². The third-order valence-corrected chi connectivity index (χ3v) is 4.28. The average molecular weight is 328 g/mol. The van der Waals surface area contributed by atoms with E-state index in [1.165, 1.54) is 0 Å². The second-order valence-electron chi connectivity index (χ2n) is 5.95. The summed E-state index contributed by atoms with van der Waals surface area (Å²) in [5.41, 5.74) is 8.04. The van der Waals surface area contributed by atoms with E-state index in [-0.39, 0.29) is 0 Å². The van der Waals surface area contributed by atoms with Gasteiger partial charge in [-0.2, -0.15) is 0 Å². The van der Waals surface area contributed by atoms with Gasteiger partial charge in [0.15, 0.2) is 11.6 Å². The molecule has 1 aromatic carbocycles. The number of hydrogen-bond acceptors (Lipinski definition) is 7. The Labute approximate surface area is 142 Å². The molecule has 0 saturated carbocycles. The Morgan fingerprint density at radius 1 is 1.12 bits per heavy atom. The maximum absolute atomic E-state index is 6.30. The van der Waals surface area contributed by atoms with Gasteiger partial charge in [0.05, 0.1) is 7.11 Å². The first-order valence-corrected chi connectivity index (χ1v) is 8.08. The van der Waals surface area contributed by atoms with Gasteiger partial charge in [-0.25, -0.2) is 9.97 Å². The zero-order valence-corrected chi connectivity index (χ0v) is 14.2. The summed E-state index contributed by atoms with van der Waals surface area (Å²) in [6.07, 6.45) is 1.57. The SMILES string of the molecule is COc1ccc(CNc2ncnc(N3CCN(C)CC3)c2N)cc1. The number of hydrogen-bond donors (Lipinski definition) is 2. The van der Waals surface area contributed by atoms with Gasteiger partial charge in [-0.15, -0.1) is 0 Å². The molecule has 0 radical (unpaired) electrons. The lowest BCUT2D eigenvalue weighted by atomic mass is 10.2. The van der Waals surface area contributed by atoms with Crippen LogP contribution in [0.25, 0.3) is 0 Å². The van der Waals surface area contributed by atoms with Crippen LogP contribution in [0.1, 0.15) is 5.56 Å². The topological polar surface area (TPSA) is 79.5 Å². The maximum Gasteiger partial charge on any atom is 0.157 e. The molecule has 1 saturated heterocycles. The number of nitrogens with two attached hydrogens (primary N) is 1. The summed E-state index contributed by atoms with van der Waals surface area (Å²) in [7, 11) is 3.79. The van der Waals surface area contributed by atoms with Crippen LogP contribution in [0, 0.1) is 0 Å². The molecule has 3 rings (SSSR count). The van der Waals surface area contributed by atoms with E-state index in [9.17, 15) is 0 Å². The molecule has 128 valence electrons. The number of likely N-dealkylation sites (N-methyl/N-ethyl adjacent to an activating group) is 1. The van der Waals surface area contributed by atoms with Crippen molar-refractivity contribution in [1.82, 2.24) is 14.9 Å². The molecule has 7 nitrogen and oxygen atoms in total. The molecule has 0 spiro atoms. The van der Waals surface area contributed by atoms with E-state index < -0.39 is 0 Å². The van der Waals surface area contributed by atoms with Crippen molar-refractivity contribution < 1.29 is 4.74 Å². The molecule has 1 aromatic heterocycles. The number of benzene rings is 1. The van der Waals surface area contributed by atoms with Crippen LogP contribution in [-0.2, 0) is 6.54 Å². The van der Waals surface area contributed by atoms with Crippen LogP contribution in [0.3, 0.4) is 0 Å². The van der Waals surface area contributed by atoms with Crippen LogP contribution in [0.4, 0.5) is 17.3 Å². The first-order valence-electron chi connectivity index (χ1n) is 8.08. The van der Waals surface area contributed by atoms with E-state index in [0.717, 1.165) is 43.3 Å². The lowest BCUT2D eigenvalue weighted by molar-refractivity contribution is 0.312. The fourth-order valence-corrected chi connectivity index (χ4v) is 2.73. The highest BCUT2D eigenvalue weighted by molar-refractivity contribution is 5.75. The van der Waals surface area contributed by atoms with Crippen LogP contribution >= 0.6 is 0 Å². The summed E-state index contributed by atoms with van der Waals surface area (Å²) >= 11 is 0. The Morgan fingerprint density at radius 3 is 2.50 bits per heavy atom. The highest BCUT2D eigenvalue weighted by atomic mass is 16.5. The van der Waals surface area contributed by atoms with E-state index in [4.69, 9.17) is 10.5 Å². The lowest BCUT2D eigenvalue weighted by Crippen LogP contribution is -2.45. The van der Waals surface area contributed by atoms with Crippen molar-refractivity contribution in [3.63, 3.8) is 0 Å². The summed E-state index contributed by atoms with van der Waals surface area (Å²) in [4.78, 5) is 13.2. The van der Waals surface area contributed by atoms with Crippen molar-refractivity contribution in [2.24, 2.45) is 0 Å². The number of ether oxygens (including phenoxy) is 1. The van der Waals surface area contributed by atoms with Crippen LogP contribution in [0.5, 0.6) is 5.75 Å². The molecule has 24 heavy (non-hydrogen) atoms.